The SMILES string of the molecule is COc1ccc(-c2ccc(=O)n(CC(=O)NCc3cccnc3)n2)c(F)c1. The van der Waals surface area contributed by atoms with Crippen LogP contribution in [-0.2, 0) is 17.9 Å². The van der Waals surface area contributed by atoms with Crippen molar-refractivity contribution in [2.75, 3.05) is 7.11 Å². The van der Waals surface area contributed by atoms with Crippen molar-refractivity contribution < 1.29 is 13.9 Å². The molecule has 0 saturated carbocycles. The van der Waals surface area contributed by atoms with Gasteiger partial charge in [-0.15, -0.1) is 0 Å². The number of hydrogen-bond acceptors (Lipinski definition) is 5. The molecule has 27 heavy (non-hydrogen) atoms. The topological polar surface area (TPSA) is 86.1 Å². The Morgan fingerprint density at radius 2 is 2.11 bits per heavy atom. The van der Waals surface area contributed by atoms with Gasteiger partial charge in [-0.3, -0.25) is 14.6 Å². The van der Waals surface area contributed by atoms with Crippen LogP contribution in [0.3, 0.4) is 0 Å². The molecule has 0 radical (unpaired) electrons. The van der Waals surface area contributed by atoms with E-state index in [0.717, 1.165) is 10.2 Å². The molecule has 0 atom stereocenters. The first-order valence-corrected chi connectivity index (χ1v) is 8.14. The molecule has 3 aromatic rings. The Morgan fingerprint density at radius 3 is 2.81 bits per heavy atom. The van der Waals surface area contributed by atoms with Crippen molar-refractivity contribution in [1.29, 1.82) is 0 Å². The lowest BCUT2D eigenvalue weighted by Crippen LogP contribution is -2.33. The van der Waals surface area contributed by atoms with Gasteiger partial charge in [-0.25, -0.2) is 9.07 Å². The predicted octanol–water partition coefficient (Wildman–Crippen LogP) is 1.77. The van der Waals surface area contributed by atoms with Crippen molar-refractivity contribution in [3.05, 3.63) is 76.6 Å². The summed E-state index contributed by atoms with van der Waals surface area (Å²) in [5, 5.41) is 6.80. The van der Waals surface area contributed by atoms with Crippen molar-refractivity contribution >= 4 is 5.91 Å². The highest BCUT2D eigenvalue weighted by Gasteiger charge is 2.11. The molecular weight excluding hydrogens is 351 g/mol. The molecular formula is C19H17FN4O3. The summed E-state index contributed by atoms with van der Waals surface area (Å²) in [4.78, 5) is 28.1. The van der Waals surface area contributed by atoms with Gasteiger partial charge in [0, 0.05) is 36.6 Å². The van der Waals surface area contributed by atoms with E-state index in [1.54, 1.807) is 24.5 Å². The largest absolute Gasteiger partial charge is 0.497 e. The van der Waals surface area contributed by atoms with Crippen molar-refractivity contribution in [2.45, 2.75) is 13.1 Å². The minimum Gasteiger partial charge on any atom is -0.497 e. The van der Waals surface area contributed by atoms with E-state index in [9.17, 15) is 14.0 Å². The number of rotatable bonds is 6. The number of carbonyl (C=O) groups is 1. The van der Waals surface area contributed by atoms with Crippen LogP contribution in [0, 0.1) is 5.82 Å². The van der Waals surface area contributed by atoms with Crippen LogP contribution in [0.2, 0.25) is 0 Å². The van der Waals surface area contributed by atoms with Gasteiger partial charge in [-0.05, 0) is 29.8 Å². The van der Waals surface area contributed by atoms with Crippen LogP contribution >= 0.6 is 0 Å². The number of halogens is 1. The summed E-state index contributed by atoms with van der Waals surface area (Å²) >= 11 is 0. The predicted molar refractivity (Wildman–Crippen MR) is 96.5 cm³/mol. The Hall–Kier alpha value is -3.55. The van der Waals surface area contributed by atoms with Crippen LogP contribution in [-0.4, -0.2) is 27.8 Å². The molecule has 2 heterocycles. The smallest absolute Gasteiger partial charge is 0.267 e. The second-order valence-corrected chi connectivity index (χ2v) is 5.70. The van der Waals surface area contributed by atoms with Crippen molar-refractivity contribution in [3.63, 3.8) is 0 Å². The number of pyridine rings is 1. The third kappa shape index (κ3) is 4.55. The summed E-state index contributed by atoms with van der Waals surface area (Å²) in [6, 6.07) is 10.6. The summed E-state index contributed by atoms with van der Waals surface area (Å²) in [5.74, 6) is -0.548. The van der Waals surface area contributed by atoms with Crippen molar-refractivity contribution in [3.8, 4) is 17.0 Å². The van der Waals surface area contributed by atoms with E-state index < -0.39 is 11.4 Å². The van der Waals surface area contributed by atoms with Gasteiger partial charge >= 0.3 is 0 Å². The fourth-order valence-electron chi connectivity index (χ4n) is 2.43. The van der Waals surface area contributed by atoms with Gasteiger partial charge in [0.15, 0.2) is 0 Å². The highest BCUT2D eigenvalue weighted by molar-refractivity contribution is 5.75. The van der Waals surface area contributed by atoms with E-state index >= 15 is 0 Å². The molecule has 0 aliphatic heterocycles. The molecule has 1 aromatic carbocycles. The van der Waals surface area contributed by atoms with E-state index in [4.69, 9.17) is 4.74 Å². The Bertz CT molecular complexity index is 1010. The minimum absolute atomic E-state index is 0.209. The lowest BCUT2D eigenvalue weighted by atomic mass is 10.1. The molecule has 0 spiro atoms. The monoisotopic (exact) mass is 368 g/mol. The molecule has 0 unspecified atom stereocenters. The lowest BCUT2D eigenvalue weighted by molar-refractivity contribution is -0.122. The molecule has 0 fully saturated rings. The molecule has 0 bridgehead atoms. The summed E-state index contributed by atoms with van der Waals surface area (Å²) in [5.41, 5.74) is 0.833. The maximum atomic E-state index is 14.2. The first-order chi connectivity index (χ1) is 13.1. The zero-order chi connectivity index (χ0) is 19.2. The molecule has 0 aliphatic carbocycles. The third-order valence-corrected chi connectivity index (χ3v) is 3.82. The molecule has 1 amide bonds. The van der Waals surface area contributed by atoms with Gasteiger partial charge in [0.05, 0.1) is 12.8 Å². The number of hydrogen-bond donors (Lipinski definition) is 1. The molecule has 1 N–H and O–H groups in total. The van der Waals surface area contributed by atoms with Crippen LogP contribution in [0.4, 0.5) is 4.39 Å². The number of aromatic nitrogens is 3. The first kappa shape index (κ1) is 18.2. The van der Waals surface area contributed by atoms with Gasteiger partial charge in [0.1, 0.15) is 18.1 Å². The Kier molecular flexibility index (Phi) is 5.55. The normalized spacial score (nSPS) is 10.4. The highest BCUT2D eigenvalue weighted by atomic mass is 19.1. The molecule has 0 aliphatic rings. The van der Waals surface area contributed by atoms with E-state index in [0.29, 0.717) is 5.75 Å². The molecule has 138 valence electrons. The molecule has 2 aromatic heterocycles. The number of amides is 1. The van der Waals surface area contributed by atoms with Gasteiger partial charge in [-0.2, -0.15) is 5.10 Å². The maximum absolute atomic E-state index is 14.2. The number of nitrogens with zero attached hydrogens (tertiary/aromatic N) is 3. The Morgan fingerprint density at radius 1 is 1.26 bits per heavy atom. The number of methoxy groups -OCH3 is 1. The van der Waals surface area contributed by atoms with E-state index in [2.05, 4.69) is 15.4 Å². The number of ether oxygens (including phenoxy) is 1. The molecule has 3 rings (SSSR count). The number of nitrogens with one attached hydrogen (secondary N) is 1. The second kappa shape index (κ2) is 8.22. The Labute approximate surface area is 154 Å². The van der Waals surface area contributed by atoms with Crippen LogP contribution in [0.25, 0.3) is 11.3 Å². The summed E-state index contributed by atoms with van der Waals surface area (Å²) in [7, 11) is 1.44. The van der Waals surface area contributed by atoms with Gasteiger partial charge < -0.3 is 10.1 Å². The number of benzene rings is 1. The standard InChI is InChI=1S/C19H17FN4O3/c1-27-14-4-5-15(16(20)9-14)17-6-7-19(26)24(23-17)12-18(25)22-11-13-3-2-8-21-10-13/h2-10H,11-12H2,1H3,(H,22,25). The lowest BCUT2D eigenvalue weighted by Gasteiger charge is -2.09. The number of carbonyl (C=O) groups excluding carboxylic acids is 1. The van der Waals surface area contributed by atoms with Crippen LogP contribution < -0.4 is 15.6 Å². The van der Waals surface area contributed by atoms with E-state index in [-0.39, 0.29) is 30.3 Å². The third-order valence-electron chi connectivity index (χ3n) is 3.82. The minimum atomic E-state index is -0.534. The Balaban J connectivity index is 1.75. The van der Waals surface area contributed by atoms with Crippen LogP contribution in [0.1, 0.15) is 5.56 Å². The zero-order valence-corrected chi connectivity index (χ0v) is 14.6. The van der Waals surface area contributed by atoms with E-state index in [1.165, 1.54) is 31.4 Å². The van der Waals surface area contributed by atoms with Crippen molar-refractivity contribution in [2.24, 2.45) is 0 Å². The van der Waals surface area contributed by atoms with Gasteiger partial charge in [-0.1, -0.05) is 6.07 Å². The van der Waals surface area contributed by atoms with E-state index in [1.807, 2.05) is 6.07 Å². The first-order valence-electron chi connectivity index (χ1n) is 8.14. The molecule has 7 nitrogen and oxygen atoms in total. The highest BCUT2D eigenvalue weighted by Crippen LogP contribution is 2.23. The van der Waals surface area contributed by atoms with Crippen LogP contribution in [0.5, 0.6) is 5.75 Å². The van der Waals surface area contributed by atoms with Gasteiger partial charge in [0.2, 0.25) is 5.91 Å². The average molecular weight is 368 g/mol. The van der Waals surface area contributed by atoms with Crippen molar-refractivity contribution in [1.82, 2.24) is 20.1 Å². The van der Waals surface area contributed by atoms with Crippen LogP contribution in [0.15, 0.2) is 59.7 Å². The molecule has 0 saturated heterocycles. The summed E-state index contributed by atoms with van der Waals surface area (Å²) in [6.07, 6.45) is 3.27. The second-order valence-electron chi connectivity index (χ2n) is 5.70. The fraction of sp³-hybridized carbons (Fsp3) is 0.158. The zero-order valence-electron chi connectivity index (χ0n) is 14.6. The van der Waals surface area contributed by atoms with Gasteiger partial charge in [0.25, 0.3) is 5.56 Å². The fourth-order valence-corrected chi connectivity index (χ4v) is 2.43. The summed E-state index contributed by atoms with van der Waals surface area (Å²) in [6.45, 7) is 0.0128. The average Bonchev–Trinajstić information content (AvgIpc) is 2.69. The quantitative estimate of drug-likeness (QED) is 0.717. The summed E-state index contributed by atoms with van der Waals surface area (Å²) < 4.78 is 20.2. The maximum Gasteiger partial charge on any atom is 0.267 e. The molecule has 8 heteroatoms.